The van der Waals surface area contributed by atoms with Crippen molar-refractivity contribution in [3.63, 3.8) is 0 Å². The zero-order chi connectivity index (χ0) is 14.2. The van der Waals surface area contributed by atoms with Gasteiger partial charge >= 0.3 is 0 Å². The monoisotopic (exact) mass is 308 g/mol. The topological polar surface area (TPSA) is 63.4 Å². The summed E-state index contributed by atoms with van der Waals surface area (Å²) in [6.07, 6.45) is 1.77. The summed E-state index contributed by atoms with van der Waals surface area (Å²) in [7, 11) is -3.48. The summed E-state index contributed by atoms with van der Waals surface area (Å²) in [4.78, 5) is 1.39. The molecular weight excluding hydrogens is 292 g/mol. The van der Waals surface area contributed by atoms with E-state index in [1.165, 1.54) is 6.07 Å². The average molecular weight is 308 g/mol. The second kappa shape index (κ2) is 5.20. The number of hydrogen-bond acceptors (Lipinski definition) is 4. The summed E-state index contributed by atoms with van der Waals surface area (Å²) in [5.74, 6) is 0. The second-order valence-electron chi connectivity index (χ2n) is 4.86. The Labute approximate surface area is 122 Å². The van der Waals surface area contributed by atoms with Gasteiger partial charge in [0, 0.05) is 17.1 Å². The maximum atomic E-state index is 12.8. The second-order valence-corrected chi connectivity index (χ2v) is 7.73. The number of thiophene rings is 1. The fourth-order valence-corrected chi connectivity index (χ4v) is 5.27. The van der Waals surface area contributed by atoms with Crippen LogP contribution >= 0.6 is 11.3 Å². The minimum atomic E-state index is -3.48. The molecule has 1 aliphatic rings. The van der Waals surface area contributed by atoms with Crippen molar-refractivity contribution in [2.75, 3.05) is 12.3 Å². The van der Waals surface area contributed by atoms with Crippen molar-refractivity contribution in [3.05, 3.63) is 46.7 Å². The molecule has 2 aromatic rings. The summed E-state index contributed by atoms with van der Waals surface area (Å²) in [5.41, 5.74) is 6.17. The van der Waals surface area contributed by atoms with E-state index < -0.39 is 10.0 Å². The van der Waals surface area contributed by atoms with Crippen molar-refractivity contribution >= 4 is 27.0 Å². The molecule has 1 unspecified atom stereocenters. The molecule has 1 aromatic carbocycles. The van der Waals surface area contributed by atoms with E-state index in [0.717, 1.165) is 17.7 Å². The molecule has 1 aromatic heterocycles. The van der Waals surface area contributed by atoms with E-state index in [0.29, 0.717) is 12.2 Å². The van der Waals surface area contributed by atoms with Crippen molar-refractivity contribution in [2.24, 2.45) is 0 Å². The fraction of sp³-hybridized carbons (Fsp3) is 0.286. The van der Waals surface area contributed by atoms with Crippen molar-refractivity contribution in [3.8, 4) is 0 Å². The third-order valence-electron chi connectivity index (χ3n) is 3.54. The third-order valence-corrected chi connectivity index (χ3v) is 6.42. The minimum absolute atomic E-state index is 0.0403. The lowest BCUT2D eigenvalue weighted by molar-refractivity contribution is 0.401. The van der Waals surface area contributed by atoms with Crippen LogP contribution in [0, 0.1) is 0 Å². The van der Waals surface area contributed by atoms with Gasteiger partial charge in [0.25, 0.3) is 0 Å². The zero-order valence-corrected chi connectivity index (χ0v) is 12.5. The summed E-state index contributed by atoms with van der Waals surface area (Å²) in [5, 5.41) is 1.99. The molecule has 4 nitrogen and oxygen atoms in total. The lowest BCUT2D eigenvalue weighted by Crippen LogP contribution is -2.30. The van der Waals surface area contributed by atoms with Crippen LogP contribution in [0.1, 0.15) is 23.8 Å². The van der Waals surface area contributed by atoms with E-state index in [1.807, 2.05) is 17.5 Å². The first-order chi connectivity index (χ1) is 9.59. The Balaban J connectivity index is 1.98. The molecule has 0 aliphatic carbocycles. The predicted molar refractivity (Wildman–Crippen MR) is 81.0 cm³/mol. The van der Waals surface area contributed by atoms with Crippen molar-refractivity contribution in [1.82, 2.24) is 4.31 Å². The van der Waals surface area contributed by atoms with Crippen LogP contribution in [0.5, 0.6) is 0 Å². The van der Waals surface area contributed by atoms with E-state index in [4.69, 9.17) is 5.73 Å². The largest absolute Gasteiger partial charge is 0.399 e. The normalized spacial score (nSPS) is 20.3. The minimum Gasteiger partial charge on any atom is -0.399 e. The molecule has 0 bridgehead atoms. The molecule has 20 heavy (non-hydrogen) atoms. The lowest BCUT2D eigenvalue weighted by Gasteiger charge is -2.23. The molecule has 3 rings (SSSR count). The van der Waals surface area contributed by atoms with Crippen LogP contribution in [0.4, 0.5) is 5.69 Å². The van der Waals surface area contributed by atoms with E-state index in [-0.39, 0.29) is 10.9 Å². The highest BCUT2D eigenvalue weighted by Crippen LogP contribution is 2.38. The number of benzene rings is 1. The summed E-state index contributed by atoms with van der Waals surface area (Å²) in [6.45, 7) is 0.569. The SMILES string of the molecule is Nc1cccc(S(=O)(=O)N2CCCC2c2cccs2)c1. The van der Waals surface area contributed by atoms with Gasteiger partial charge in [-0.2, -0.15) is 4.31 Å². The van der Waals surface area contributed by atoms with E-state index in [1.54, 1.807) is 33.8 Å². The Bertz CT molecular complexity index is 696. The van der Waals surface area contributed by atoms with Crippen LogP contribution in [0.3, 0.4) is 0 Å². The summed E-state index contributed by atoms with van der Waals surface area (Å²) >= 11 is 1.61. The molecule has 106 valence electrons. The average Bonchev–Trinajstić information content (AvgIpc) is 3.09. The first-order valence-corrected chi connectivity index (χ1v) is 8.82. The van der Waals surface area contributed by atoms with Gasteiger partial charge in [-0.1, -0.05) is 12.1 Å². The standard InChI is InChI=1S/C14H16N2O2S2/c15-11-4-1-5-12(10-11)20(17,18)16-8-2-6-13(16)14-7-3-9-19-14/h1,3-5,7,9-10,13H,2,6,8,15H2. The molecule has 2 heterocycles. The number of sulfonamides is 1. The Hall–Kier alpha value is -1.37. The molecule has 2 N–H and O–H groups in total. The quantitative estimate of drug-likeness (QED) is 0.887. The van der Waals surface area contributed by atoms with Crippen molar-refractivity contribution < 1.29 is 8.42 Å². The Morgan fingerprint density at radius 2 is 2.10 bits per heavy atom. The van der Waals surface area contributed by atoms with Crippen LogP contribution in [0.15, 0.2) is 46.7 Å². The number of nitrogens with zero attached hydrogens (tertiary/aromatic N) is 1. The number of nitrogens with two attached hydrogens (primary N) is 1. The van der Waals surface area contributed by atoms with Gasteiger partial charge in [0.2, 0.25) is 10.0 Å². The van der Waals surface area contributed by atoms with Gasteiger partial charge in [0.15, 0.2) is 0 Å². The highest BCUT2D eigenvalue weighted by atomic mass is 32.2. The maximum absolute atomic E-state index is 12.8. The molecular formula is C14H16N2O2S2. The molecule has 0 amide bonds. The van der Waals surface area contributed by atoms with Gasteiger partial charge in [0.1, 0.15) is 0 Å². The van der Waals surface area contributed by atoms with E-state index in [9.17, 15) is 8.42 Å². The fourth-order valence-electron chi connectivity index (χ4n) is 2.60. The number of hydrogen-bond donors (Lipinski definition) is 1. The number of rotatable bonds is 3. The van der Waals surface area contributed by atoms with Gasteiger partial charge < -0.3 is 5.73 Å². The number of anilines is 1. The zero-order valence-electron chi connectivity index (χ0n) is 10.9. The summed E-state index contributed by atoms with van der Waals surface area (Å²) in [6, 6.07) is 10.4. The Morgan fingerprint density at radius 3 is 2.80 bits per heavy atom. The first kappa shape index (κ1) is 13.6. The molecule has 1 saturated heterocycles. The lowest BCUT2D eigenvalue weighted by atomic mass is 10.2. The van der Waals surface area contributed by atoms with Gasteiger partial charge in [-0.05, 0) is 42.5 Å². The van der Waals surface area contributed by atoms with Gasteiger partial charge in [0.05, 0.1) is 10.9 Å². The van der Waals surface area contributed by atoms with Crippen LogP contribution in [0.2, 0.25) is 0 Å². The molecule has 1 fully saturated rings. The van der Waals surface area contributed by atoms with Gasteiger partial charge in [-0.3, -0.25) is 0 Å². The van der Waals surface area contributed by atoms with Crippen molar-refractivity contribution in [2.45, 2.75) is 23.8 Å². The Kier molecular flexibility index (Phi) is 3.54. The molecule has 0 radical (unpaired) electrons. The third kappa shape index (κ3) is 2.34. The Morgan fingerprint density at radius 1 is 1.25 bits per heavy atom. The predicted octanol–water partition coefficient (Wildman–Crippen LogP) is 2.86. The molecule has 0 spiro atoms. The van der Waals surface area contributed by atoms with Gasteiger partial charge in [-0.25, -0.2) is 8.42 Å². The van der Waals surface area contributed by atoms with Crippen LogP contribution in [-0.4, -0.2) is 19.3 Å². The highest BCUT2D eigenvalue weighted by molar-refractivity contribution is 7.89. The van der Waals surface area contributed by atoms with Crippen LogP contribution in [0.25, 0.3) is 0 Å². The smallest absolute Gasteiger partial charge is 0.243 e. The first-order valence-electron chi connectivity index (χ1n) is 6.50. The number of nitrogen functional groups attached to an aromatic ring is 1. The maximum Gasteiger partial charge on any atom is 0.243 e. The van der Waals surface area contributed by atoms with Gasteiger partial charge in [-0.15, -0.1) is 11.3 Å². The molecule has 1 aliphatic heterocycles. The highest BCUT2D eigenvalue weighted by Gasteiger charge is 2.36. The van der Waals surface area contributed by atoms with Crippen molar-refractivity contribution in [1.29, 1.82) is 0 Å². The molecule has 0 saturated carbocycles. The van der Waals surface area contributed by atoms with E-state index >= 15 is 0 Å². The summed E-state index contributed by atoms with van der Waals surface area (Å²) < 4.78 is 27.1. The van der Waals surface area contributed by atoms with Crippen LogP contribution in [-0.2, 0) is 10.0 Å². The molecule has 6 heteroatoms. The van der Waals surface area contributed by atoms with E-state index in [2.05, 4.69) is 0 Å². The van der Waals surface area contributed by atoms with Crippen LogP contribution < -0.4 is 5.73 Å². The molecule has 1 atom stereocenters.